The minimum atomic E-state index is -0.453. The van der Waals surface area contributed by atoms with E-state index in [1.807, 2.05) is 32.9 Å². The van der Waals surface area contributed by atoms with Crippen molar-refractivity contribution in [2.75, 3.05) is 31.1 Å². The first kappa shape index (κ1) is 17.1. The lowest BCUT2D eigenvalue weighted by molar-refractivity contribution is 0.0240. The maximum absolute atomic E-state index is 12.1. The average Bonchev–Trinajstić information content (AvgIpc) is 2.45. The van der Waals surface area contributed by atoms with Crippen LogP contribution in [0.3, 0.4) is 0 Å². The third kappa shape index (κ3) is 4.14. The predicted octanol–water partition coefficient (Wildman–Crippen LogP) is 2.96. The second-order valence-corrected chi connectivity index (χ2v) is 7.25. The first-order valence-corrected chi connectivity index (χ1v) is 8.31. The first-order chi connectivity index (χ1) is 10.3. The van der Waals surface area contributed by atoms with E-state index in [9.17, 15) is 4.79 Å². The molecule has 5 nitrogen and oxygen atoms in total. The van der Waals surface area contributed by atoms with Crippen LogP contribution in [0.15, 0.2) is 22.7 Å². The molecule has 1 aromatic carbocycles. The van der Waals surface area contributed by atoms with Gasteiger partial charge in [0.1, 0.15) is 5.60 Å². The van der Waals surface area contributed by atoms with Crippen molar-refractivity contribution in [3.8, 4) is 0 Å². The fraction of sp³-hybridized carbons (Fsp3) is 0.562. The van der Waals surface area contributed by atoms with Crippen LogP contribution in [0.4, 0.5) is 10.5 Å². The van der Waals surface area contributed by atoms with Crippen molar-refractivity contribution in [2.45, 2.75) is 32.9 Å². The average molecular weight is 370 g/mol. The lowest BCUT2D eigenvalue weighted by Crippen LogP contribution is -2.50. The summed E-state index contributed by atoms with van der Waals surface area (Å²) in [5.41, 5.74) is 7.65. The standard InChI is InChI=1S/C16H24BrN3O2/c1-16(2,3)22-15(21)20-9-7-19(8-10-20)14-6-4-5-13(17)12(14)11-18/h4-6H,7-11,18H2,1-3H3. The number of carbonyl (C=O) groups is 1. The summed E-state index contributed by atoms with van der Waals surface area (Å²) in [5.74, 6) is 0. The zero-order valence-electron chi connectivity index (χ0n) is 13.4. The van der Waals surface area contributed by atoms with E-state index in [4.69, 9.17) is 10.5 Å². The highest BCUT2D eigenvalue weighted by Crippen LogP contribution is 2.28. The molecule has 0 spiro atoms. The summed E-state index contributed by atoms with van der Waals surface area (Å²) in [7, 11) is 0. The van der Waals surface area contributed by atoms with Crippen molar-refractivity contribution in [3.05, 3.63) is 28.2 Å². The molecule has 0 radical (unpaired) electrons. The largest absolute Gasteiger partial charge is 0.444 e. The summed E-state index contributed by atoms with van der Waals surface area (Å²) in [6, 6.07) is 6.09. The molecule has 0 atom stereocenters. The fourth-order valence-corrected chi connectivity index (χ4v) is 3.02. The van der Waals surface area contributed by atoms with Gasteiger partial charge < -0.3 is 20.3 Å². The van der Waals surface area contributed by atoms with Gasteiger partial charge in [0.15, 0.2) is 0 Å². The highest BCUT2D eigenvalue weighted by molar-refractivity contribution is 9.10. The van der Waals surface area contributed by atoms with E-state index < -0.39 is 5.60 Å². The number of nitrogens with zero attached hydrogens (tertiary/aromatic N) is 2. The lowest BCUT2D eigenvalue weighted by Gasteiger charge is -2.37. The molecule has 1 heterocycles. The molecule has 6 heteroatoms. The molecule has 1 aromatic rings. The number of piperazine rings is 1. The van der Waals surface area contributed by atoms with Crippen molar-refractivity contribution < 1.29 is 9.53 Å². The Labute approximate surface area is 140 Å². The van der Waals surface area contributed by atoms with E-state index in [1.54, 1.807) is 4.90 Å². The van der Waals surface area contributed by atoms with Gasteiger partial charge in [0, 0.05) is 48.4 Å². The van der Waals surface area contributed by atoms with Crippen LogP contribution in [-0.2, 0) is 11.3 Å². The van der Waals surface area contributed by atoms with Gasteiger partial charge in [-0.1, -0.05) is 22.0 Å². The van der Waals surface area contributed by atoms with Crippen LogP contribution in [0.25, 0.3) is 0 Å². The molecule has 0 saturated carbocycles. The SMILES string of the molecule is CC(C)(C)OC(=O)N1CCN(c2cccc(Br)c2CN)CC1. The minimum absolute atomic E-state index is 0.236. The monoisotopic (exact) mass is 369 g/mol. The van der Waals surface area contributed by atoms with E-state index in [2.05, 4.69) is 26.9 Å². The topological polar surface area (TPSA) is 58.8 Å². The molecule has 2 rings (SSSR count). The third-order valence-electron chi connectivity index (χ3n) is 3.57. The number of amides is 1. The van der Waals surface area contributed by atoms with Crippen molar-refractivity contribution >= 4 is 27.7 Å². The van der Waals surface area contributed by atoms with Gasteiger partial charge in [0.25, 0.3) is 0 Å². The van der Waals surface area contributed by atoms with Crippen LogP contribution < -0.4 is 10.6 Å². The molecule has 1 saturated heterocycles. The molecule has 1 fully saturated rings. The van der Waals surface area contributed by atoms with Crippen molar-refractivity contribution in [3.63, 3.8) is 0 Å². The van der Waals surface area contributed by atoms with E-state index in [0.29, 0.717) is 19.6 Å². The number of ether oxygens (including phenoxy) is 1. The number of hydrogen-bond acceptors (Lipinski definition) is 4. The molecule has 0 aliphatic carbocycles. The van der Waals surface area contributed by atoms with Gasteiger partial charge in [-0.15, -0.1) is 0 Å². The highest BCUT2D eigenvalue weighted by atomic mass is 79.9. The Kier molecular flexibility index (Phi) is 5.34. The third-order valence-corrected chi connectivity index (χ3v) is 4.31. The molecule has 0 unspecified atom stereocenters. The van der Waals surface area contributed by atoms with Crippen LogP contribution in [0.1, 0.15) is 26.3 Å². The summed E-state index contributed by atoms with van der Waals surface area (Å²) >= 11 is 3.55. The smallest absolute Gasteiger partial charge is 0.410 e. The number of benzene rings is 1. The number of hydrogen-bond donors (Lipinski definition) is 1. The number of anilines is 1. The summed E-state index contributed by atoms with van der Waals surface area (Å²) < 4.78 is 6.45. The van der Waals surface area contributed by atoms with E-state index in [-0.39, 0.29) is 6.09 Å². The van der Waals surface area contributed by atoms with E-state index in [0.717, 1.165) is 28.8 Å². The number of nitrogens with two attached hydrogens (primary N) is 1. The van der Waals surface area contributed by atoms with Crippen LogP contribution in [0.5, 0.6) is 0 Å². The normalized spacial score (nSPS) is 15.9. The zero-order chi connectivity index (χ0) is 16.3. The Morgan fingerprint density at radius 3 is 2.45 bits per heavy atom. The maximum atomic E-state index is 12.1. The molecular formula is C16H24BrN3O2. The zero-order valence-corrected chi connectivity index (χ0v) is 15.0. The van der Waals surface area contributed by atoms with Gasteiger partial charge in [0.05, 0.1) is 0 Å². The first-order valence-electron chi connectivity index (χ1n) is 7.52. The maximum Gasteiger partial charge on any atom is 0.410 e. The predicted molar refractivity (Wildman–Crippen MR) is 92.1 cm³/mol. The quantitative estimate of drug-likeness (QED) is 0.870. The van der Waals surface area contributed by atoms with Gasteiger partial charge in [-0.3, -0.25) is 0 Å². The van der Waals surface area contributed by atoms with Gasteiger partial charge in [-0.25, -0.2) is 4.79 Å². The number of carbonyl (C=O) groups excluding carboxylic acids is 1. The Balaban J connectivity index is 2.01. The van der Waals surface area contributed by atoms with Gasteiger partial charge >= 0.3 is 6.09 Å². The fourth-order valence-electron chi connectivity index (χ4n) is 2.50. The Morgan fingerprint density at radius 1 is 1.27 bits per heavy atom. The van der Waals surface area contributed by atoms with Gasteiger partial charge in [-0.2, -0.15) is 0 Å². The van der Waals surface area contributed by atoms with E-state index in [1.165, 1.54) is 0 Å². The van der Waals surface area contributed by atoms with Crippen LogP contribution in [0.2, 0.25) is 0 Å². The van der Waals surface area contributed by atoms with Crippen molar-refractivity contribution in [1.82, 2.24) is 4.90 Å². The van der Waals surface area contributed by atoms with Gasteiger partial charge in [-0.05, 0) is 32.9 Å². The van der Waals surface area contributed by atoms with Crippen LogP contribution in [-0.4, -0.2) is 42.8 Å². The molecule has 122 valence electrons. The van der Waals surface area contributed by atoms with Crippen molar-refractivity contribution in [2.24, 2.45) is 5.73 Å². The summed E-state index contributed by atoms with van der Waals surface area (Å²) in [6.07, 6.45) is -0.236. The molecule has 22 heavy (non-hydrogen) atoms. The number of halogens is 1. The molecule has 1 aliphatic rings. The summed E-state index contributed by atoms with van der Waals surface area (Å²) in [4.78, 5) is 16.1. The van der Waals surface area contributed by atoms with E-state index >= 15 is 0 Å². The Bertz CT molecular complexity index is 535. The molecule has 0 bridgehead atoms. The Hall–Kier alpha value is -1.27. The highest BCUT2D eigenvalue weighted by Gasteiger charge is 2.26. The minimum Gasteiger partial charge on any atom is -0.444 e. The lowest BCUT2D eigenvalue weighted by atomic mass is 10.1. The molecule has 2 N–H and O–H groups in total. The Morgan fingerprint density at radius 2 is 1.91 bits per heavy atom. The second-order valence-electron chi connectivity index (χ2n) is 6.40. The second kappa shape index (κ2) is 6.87. The summed E-state index contributed by atoms with van der Waals surface area (Å²) in [6.45, 7) is 9.02. The van der Waals surface area contributed by atoms with Gasteiger partial charge in [0.2, 0.25) is 0 Å². The van der Waals surface area contributed by atoms with Crippen LogP contribution >= 0.6 is 15.9 Å². The molecule has 1 aliphatic heterocycles. The number of rotatable bonds is 2. The van der Waals surface area contributed by atoms with Crippen molar-refractivity contribution in [1.29, 1.82) is 0 Å². The molecular weight excluding hydrogens is 346 g/mol. The molecule has 1 amide bonds. The summed E-state index contributed by atoms with van der Waals surface area (Å²) in [5, 5.41) is 0. The molecule has 0 aromatic heterocycles. The van der Waals surface area contributed by atoms with Crippen LogP contribution in [0, 0.1) is 0 Å².